The van der Waals surface area contributed by atoms with Crippen LogP contribution in [0, 0.1) is 10.1 Å². The molecule has 10 heteroatoms. The molecule has 1 aromatic rings. The predicted molar refractivity (Wildman–Crippen MR) is 68.1 cm³/mol. The highest BCUT2D eigenvalue weighted by Crippen LogP contribution is 2.30. The zero-order valence-corrected chi connectivity index (χ0v) is 11.3. The van der Waals surface area contributed by atoms with Crippen molar-refractivity contribution in [1.82, 2.24) is 9.97 Å². The first-order valence-corrected chi connectivity index (χ1v) is 7.36. The van der Waals surface area contributed by atoms with Gasteiger partial charge in [0.25, 0.3) is 5.88 Å². The van der Waals surface area contributed by atoms with Gasteiger partial charge in [-0.25, -0.2) is 13.4 Å². The second-order valence-corrected chi connectivity index (χ2v) is 6.01. The van der Waals surface area contributed by atoms with Crippen LogP contribution in [0.3, 0.4) is 0 Å². The molecule has 106 valence electrons. The number of hydrogen-bond donors (Lipinski definition) is 1. The van der Waals surface area contributed by atoms with E-state index in [2.05, 4.69) is 15.3 Å². The largest absolute Gasteiger partial charge is 0.476 e. The number of sulfone groups is 1. The van der Waals surface area contributed by atoms with Crippen molar-refractivity contribution in [1.29, 1.82) is 0 Å². The van der Waals surface area contributed by atoms with E-state index in [4.69, 9.17) is 4.74 Å². The van der Waals surface area contributed by atoms with Crippen LogP contribution < -0.4 is 10.1 Å². The molecular weight excluding hydrogens is 276 g/mol. The van der Waals surface area contributed by atoms with Crippen LogP contribution >= 0.6 is 0 Å². The molecule has 0 aliphatic carbocycles. The van der Waals surface area contributed by atoms with Crippen molar-refractivity contribution >= 4 is 21.3 Å². The molecule has 1 N–H and O–H groups in total. The second-order valence-electron chi connectivity index (χ2n) is 3.75. The lowest BCUT2D eigenvalue weighted by atomic mass is 10.4. The van der Waals surface area contributed by atoms with Gasteiger partial charge in [-0.3, -0.25) is 10.1 Å². The number of rotatable bonds is 7. The number of anilines is 1. The zero-order chi connectivity index (χ0) is 14.5. The number of nitrogens with zero attached hydrogens (tertiary/aromatic N) is 3. The molecule has 0 aromatic carbocycles. The molecule has 1 heterocycles. The van der Waals surface area contributed by atoms with Crippen LogP contribution in [-0.4, -0.2) is 49.0 Å². The first-order valence-electron chi connectivity index (χ1n) is 5.30. The van der Waals surface area contributed by atoms with Crippen LogP contribution in [0.4, 0.5) is 11.5 Å². The van der Waals surface area contributed by atoms with Crippen molar-refractivity contribution in [2.24, 2.45) is 0 Å². The minimum atomic E-state index is -3.05. The smallest absolute Gasteiger partial charge is 0.372 e. The SMILES string of the molecule is COc1ncnc(NCCCS(C)(=O)=O)c1[N+](=O)[O-]. The van der Waals surface area contributed by atoms with Gasteiger partial charge >= 0.3 is 5.69 Å². The van der Waals surface area contributed by atoms with Gasteiger partial charge in [-0.15, -0.1) is 0 Å². The van der Waals surface area contributed by atoms with Crippen molar-refractivity contribution in [2.45, 2.75) is 6.42 Å². The predicted octanol–water partition coefficient (Wildman–Crippen LogP) is 0.240. The Morgan fingerprint density at radius 1 is 1.47 bits per heavy atom. The van der Waals surface area contributed by atoms with Crippen LogP contribution in [-0.2, 0) is 9.84 Å². The molecule has 0 aliphatic rings. The van der Waals surface area contributed by atoms with Crippen molar-refractivity contribution in [3.8, 4) is 5.88 Å². The van der Waals surface area contributed by atoms with E-state index in [1.165, 1.54) is 7.11 Å². The van der Waals surface area contributed by atoms with E-state index in [0.717, 1.165) is 12.6 Å². The summed E-state index contributed by atoms with van der Waals surface area (Å²) in [6.45, 7) is 0.244. The summed E-state index contributed by atoms with van der Waals surface area (Å²) in [7, 11) is -1.78. The van der Waals surface area contributed by atoms with Gasteiger partial charge in [0.15, 0.2) is 0 Å². The van der Waals surface area contributed by atoms with E-state index in [1.54, 1.807) is 0 Å². The Morgan fingerprint density at radius 3 is 2.68 bits per heavy atom. The molecular formula is C9H14N4O5S. The van der Waals surface area contributed by atoms with E-state index in [1.807, 2.05) is 0 Å². The van der Waals surface area contributed by atoms with Gasteiger partial charge in [0, 0.05) is 12.8 Å². The van der Waals surface area contributed by atoms with Crippen LogP contribution in [0.1, 0.15) is 6.42 Å². The lowest BCUT2D eigenvalue weighted by Gasteiger charge is -2.07. The first kappa shape index (κ1) is 15.1. The Kier molecular flexibility index (Phi) is 4.98. The topological polar surface area (TPSA) is 124 Å². The fourth-order valence-electron chi connectivity index (χ4n) is 1.35. The highest BCUT2D eigenvalue weighted by atomic mass is 32.2. The molecule has 1 rings (SSSR count). The van der Waals surface area contributed by atoms with Crippen molar-refractivity contribution < 1.29 is 18.1 Å². The van der Waals surface area contributed by atoms with E-state index >= 15 is 0 Å². The number of hydrogen-bond acceptors (Lipinski definition) is 8. The normalized spacial score (nSPS) is 11.1. The minimum Gasteiger partial charge on any atom is -0.476 e. The van der Waals surface area contributed by atoms with E-state index < -0.39 is 14.8 Å². The van der Waals surface area contributed by atoms with Gasteiger partial charge < -0.3 is 10.1 Å². The Morgan fingerprint density at radius 2 is 2.16 bits per heavy atom. The Bertz CT molecular complexity index is 560. The van der Waals surface area contributed by atoms with Crippen molar-refractivity contribution in [2.75, 3.05) is 31.0 Å². The highest BCUT2D eigenvalue weighted by Gasteiger charge is 2.23. The number of ether oxygens (including phenoxy) is 1. The number of methoxy groups -OCH3 is 1. The number of nitrogens with one attached hydrogen (secondary N) is 1. The van der Waals surface area contributed by atoms with Gasteiger partial charge in [-0.1, -0.05) is 0 Å². The fraction of sp³-hybridized carbons (Fsp3) is 0.556. The molecule has 19 heavy (non-hydrogen) atoms. The maximum Gasteiger partial charge on any atom is 0.372 e. The third kappa shape index (κ3) is 4.66. The molecule has 0 bridgehead atoms. The summed E-state index contributed by atoms with van der Waals surface area (Å²) < 4.78 is 26.7. The van der Waals surface area contributed by atoms with Gasteiger partial charge in [0.2, 0.25) is 5.82 Å². The highest BCUT2D eigenvalue weighted by molar-refractivity contribution is 7.90. The minimum absolute atomic E-state index is 0.00395. The monoisotopic (exact) mass is 290 g/mol. The summed E-state index contributed by atoms with van der Waals surface area (Å²) in [5.74, 6) is -0.147. The summed E-state index contributed by atoms with van der Waals surface area (Å²) in [4.78, 5) is 17.6. The third-order valence-corrected chi connectivity index (χ3v) is 3.18. The third-order valence-electron chi connectivity index (χ3n) is 2.15. The molecule has 1 aromatic heterocycles. The Labute approximate surface area is 110 Å². The van der Waals surface area contributed by atoms with Gasteiger partial charge in [0.05, 0.1) is 17.8 Å². The summed E-state index contributed by atoms with van der Waals surface area (Å²) >= 11 is 0. The van der Waals surface area contributed by atoms with Gasteiger partial charge in [-0.2, -0.15) is 4.98 Å². The fourth-order valence-corrected chi connectivity index (χ4v) is 2.02. The maximum atomic E-state index is 10.9. The molecule has 0 saturated carbocycles. The van der Waals surface area contributed by atoms with Crippen molar-refractivity contribution in [3.63, 3.8) is 0 Å². The molecule has 0 atom stereocenters. The average Bonchev–Trinajstić information content (AvgIpc) is 2.32. The standard InChI is InChI=1S/C9H14N4O5S/c1-18-9-7(13(14)15)8(11-6-12-9)10-4-3-5-19(2,16)17/h6H,3-5H2,1-2H3,(H,10,11,12). The second kappa shape index (κ2) is 6.27. The summed E-state index contributed by atoms with van der Waals surface area (Å²) in [5.41, 5.74) is -0.371. The first-order chi connectivity index (χ1) is 8.85. The Hall–Kier alpha value is -1.97. The summed E-state index contributed by atoms with van der Waals surface area (Å²) in [6.07, 6.45) is 2.58. The number of nitro groups is 1. The molecule has 0 fully saturated rings. The van der Waals surface area contributed by atoms with Gasteiger partial charge in [-0.05, 0) is 6.42 Å². The molecule has 0 amide bonds. The van der Waals surface area contributed by atoms with Crippen LogP contribution in [0.25, 0.3) is 0 Å². The molecule has 0 unspecified atom stereocenters. The molecule has 9 nitrogen and oxygen atoms in total. The van der Waals surface area contributed by atoms with E-state index in [0.29, 0.717) is 6.42 Å². The summed E-state index contributed by atoms with van der Waals surface area (Å²) in [5, 5.41) is 13.6. The van der Waals surface area contributed by atoms with Crippen LogP contribution in [0.15, 0.2) is 6.33 Å². The van der Waals surface area contributed by atoms with Crippen LogP contribution in [0.5, 0.6) is 5.88 Å². The van der Waals surface area contributed by atoms with E-state index in [9.17, 15) is 18.5 Å². The van der Waals surface area contributed by atoms with E-state index in [-0.39, 0.29) is 29.7 Å². The van der Waals surface area contributed by atoms with Crippen LogP contribution in [0.2, 0.25) is 0 Å². The molecule has 0 spiro atoms. The maximum absolute atomic E-state index is 10.9. The number of aromatic nitrogens is 2. The average molecular weight is 290 g/mol. The zero-order valence-electron chi connectivity index (χ0n) is 10.5. The lowest BCUT2D eigenvalue weighted by Crippen LogP contribution is -2.12. The lowest BCUT2D eigenvalue weighted by molar-refractivity contribution is -0.385. The molecule has 0 saturated heterocycles. The molecule has 0 aliphatic heterocycles. The van der Waals surface area contributed by atoms with Gasteiger partial charge in [0.1, 0.15) is 16.2 Å². The molecule has 0 radical (unpaired) electrons. The quantitative estimate of drug-likeness (QED) is 0.430. The van der Waals surface area contributed by atoms with Crippen molar-refractivity contribution in [3.05, 3.63) is 16.4 Å². The summed E-state index contributed by atoms with van der Waals surface area (Å²) in [6, 6.07) is 0. The Balaban J connectivity index is 2.76.